The van der Waals surface area contributed by atoms with Crippen LogP contribution in [0.15, 0.2) is 66.1 Å². The Bertz CT molecular complexity index is 1440. The quantitative estimate of drug-likeness (QED) is 0.180. The Morgan fingerprint density at radius 3 is 2.47 bits per heavy atom. The Kier molecular flexibility index (Phi) is 8.45. The predicted molar refractivity (Wildman–Crippen MR) is 142 cm³/mol. The number of carbonyl (C=O) groups is 2. The van der Waals surface area contributed by atoms with Gasteiger partial charge < -0.3 is 14.0 Å². The zero-order chi connectivity index (χ0) is 25.7. The van der Waals surface area contributed by atoms with E-state index in [0.29, 0.717) is 51.3 Å². The number of thioether (sulfide) groups is 1. The maximum atomic E-state index is 12.9. The summed E-state index contributed by atoms with van der Waals surface area (Å²) in [4.78, 5) is 35.3. The lowest BCUT2D eigenvalue weighted by Gasteiger charge is -2.17. The number of amides is 1. The average Bonchev–Trinajstić information content (AvgIpc) is 3.15. The van der Waals surface area contributed by atoms with Crippen LogP contribution >= 0.6 is 35.0 Å². The first-order valence-electron chi connectivity index (χ1n) is 11.2. The zero-order valence-electron chi connectivity index (χ0n) is 19.5. The fourth-order valence-corrected chi connectivity index (χ4v) is 4.93. The molecular weight excluding hydrogens is 519 g/mol. The summed E-state index contributed by atoms with van der Waals surface area (Å²) < 4.78 is 3.45. The molecule has 2 heterocycles. The highest BCUT2D eigenvalue weighted by Gasteiger charge is 2.17. The van der Waals surface area contributed by atoms with Crippen LogP contribution in [0.2, 0.25) is 10.0 Å². The second kappa shape index (κ2) is 11.7. The minimum atomic E-state index is -0.130. The smallest absolute Gasteiger partial charge is 0.232 e. The number of Topliss-reactive ketones (excluding diaryl/α,β-unsaturated/α-hetero) is 1. The van der Waals surface area contributed by atoms with Crippen molar-refractivity contribution < 1.29 is 9.59 Å². The third-order valence-corrected chi connectivity index (χ3v) is 7.09. The summed E-state index contributed by atoms with van der Waals surface area (Å²) >= 11 is 13.7. The van der Waals surface area contributed by atoms with Gasteiger partial charge >= 0.3 is 0 Å². The summed E-state index contributed by atoms with van der Waals surface area (Å²) in [7, 11) is 1.75. The molecule has 2 aromatic heterocycles. The van der Waals surface area contributed by atoms with Crippen molar-refractivity contribution in [1.29, 1.82) is 5.41 Å². The SMILES string of the molecule is CN(CCCn1c(=N)n(CC(=O)c2ccc(Cl)cc2)c2cccc(Cl)c21)C(=O)CSc1ncccn1. The lowest BCUT2D eigenvalue weighted by molar-refractivity contribution is -0.127. The van der Waals surface area contributed by atoms with E-state index in [1.54, 1.807) is 75.9 Å². The van der Waals surface area contributed by atoms with Gasteiger partial charge in [-0.1, -0.05) is 41.0 Å². The molecule has 0 spiro atoms. The molecule has 2 aromatic carbocycles. The van der Waals surface area contributed by atoms with Crippen molar-refractivity contribution >= 4 is 57.7 Å². The number of para-hydroxylation sites is 1. The van der Waals surface area contributed by atoms with Crippen LogP contribution in [-0.4, -0.2) is 55.0 Å². The number of benzene rings is 2. The predicted octanol–water partition coefficient (Wildman–Crippen LogP) is 4.54. The molecule has 0 aliphatic heterocycles. The van der Waals surface area contributed by atoms with Gasteiger partial charge in [0.05, 0.1) is 28.4 Å². The van der Waals surface area contributed by atoms with Gasteiger partial charge in [0.1, 0.15) is 0 Å². The number of carbonyl (C=O) groups excluding carboxylic acids is 2. The third-order valence-electron chi connectivity index (χ3n) is 5.67. The molecule has 4 aromatic rings. The number of nitrogens with one attached hydrogen (secondary N) is 1. The van der Waals surface area contributed by atoms with Crippen LogP contribution in [0.25, 0.3) is 11.0 Å². The number of nitrogens with zero attached hydrogens (tertiary/aromatic N) is 5. The third kappa shape index (κ3) is 5.98. The Labute approximate surface area is 222 Å². The summed E-state index contributed by atoms with van der Waals surface area (Å²) in [6.07, 6.45) is 3.90. The Balaban J connectivity index is 1.46. The molecule has 0 radical (unpaired) electrons. The standard InChI is InChI=1S/C25H24Cl2N6O2S/c1-31(22(35)16-36-25-29-11-3-12-30-25)13-4-14-32-23-19(27)5-2-6-20(23)33(24(32)28)15-21(34)17-7-9-18(26)10-8-17/h2-3,5-12,28H,4,13-16H2,1H3. The normalized spacial score (nSPS) is 11.1. The fraction of sp³-hybridized carbons (Fsp3) is 0.240. The molecule has 11 heteroatoms. The molecule has 0 atom stereocenters. The number of aryl methyl sites for hydroxylation is 1. The van der Waals surface area contributed by atoms with Crippen molar-refractivity contribution in [2.75, 3.05) is 19.3 Å². The first-order chi connectivity index (χ1) is 17.3. The van der Waals surface area contributed by atoms with Gasteiger partial charge in [0.15, 0.2) is 10.9 Å². The zero-order valence-corrected chi connectivity index (χ0v) is 21.9. The van der Waals surface area contributed by atoms with Crippen LogP contribution in [0.5, 0.6) is 0 Å². The van der Waals surface area contributed by atoms with Gasteiger partial charge in [-0.2, -0.15) is 0 Å². The van der Waals surface area contributed by atoms with E-state index in [0.717, 1.165) is 0 Å². The van der Waals surface area contributed by atoms with Crippen molar-refractivity contribution in [1.82, 2.24) is 24.0 Å². The molecule has 0 saturated carbocycles. The number of fused-ring (bicyclic) bond motifs is 1. The Hall–Kier alpha value is -3.14. The molecule has 8 nitrogen and oxygen atoms in total. The van der Waals surface area contributed by atoms with Crippen LogP contribution < -0.4 is 5.62 Å². The topological polar surface area (TPSA) is 96.9 Å². The van der Waals surface area contributed by atoms with E-state index in [2.05, 4.69) is 9.97 Å². The van der Waals surface area contributed by atoms with Gasteiger partial charge in [-0.05, 0) is 48.9 Å². The molecule has 36 heavy (non-hydrogen) atoms. The van der Waals surface area contributed by atoms with Gasteiger partial charge in [0.2, 0.25) is 11.5 Å². The lowest BCUT2D eigenvalue weighted by Crippen LogP contribution is -2.31. The van der Waals surface area contributed by atoms with Gasteiger partial charge in [0, 0.05) is 43.1 Å². The van der Waals surface area contributed by atoms with Crippen LogP contribution in [0, 0.1) is 5.41 Å². The molecule has 186 valence electrons. The summed E-state index contributed by atoms with van der Waals surface area (Å²) in [5, 5.41) is 10.4. The van der Waals surface area contributed by atoms with E-state index in [4.69, 9.17) is 28.6 Å². The van der Waals surface area contributed by atoms with Crippen LogP contribution in [0.3, 0.4) is 0 Å². The number of hydrogen-bond donors (Lipinski definition) is 1. The summed E-state index contributed by atoms with van der Waals surface area (Å²) in [6.45, 7) is 0.970. The minimum absolute atomic E-state index is 0.00147. The summed E-state index contributed by atoms with van der Waals surface area (Å²) in [5.74, 6) is 0.0851. The summed E-state index contributed by atoms with van der Waals surface area (Å²) in [6, 6.07) is 13.8. The largest absolute Gasteiger partial charge is 0.345 e. The van der Waals surface area contributed by atoms with Gasteiger partial charge in [0.25, 0.3) is 0 Å². The molecule has 0 bridgehead atoms. The highest BCUT2D eigenvalue weighted by Crippen LogP contribution is 2.23. The second-order valence-electron chi connectivity index (χ2n) is 8.09. The van der Waals surface area contributed by atoms with Crippen molar-refractivity contribution in [3.8, 4) is 0 Å². The first-order valence-corrected chi connectivity index (χ1v) is 12.9. The van der Waals surface area contributed by atoms with Crippen molar-refractivity contribution in [2.45, 2.75) is 24.7 Å². The Morgan fingerprint density at radius 1 is 1.03 bits per heavy atom. The molecular formula is C25H24Cl2N6O2S. The summed E-state index contributed by atoms with van der Waals surface area (Å²) in [5.41, 5.74) is 2.09. The van der Waals surface area contributed by atoms with E-state index in [9.17, 15) is 9.59 Å². The number of hydrogen-bond acceptors (Lipinski definition) is 6. The molecule has 0 aliphatic carbocycles. The molecule has 0 saturated heterocycles. The van der Waals surface area contributed by atoms with Crippen molar-refractivity contribution in [2.24, 2.45) is 0 Å². The molecule has 1 N–H and O–H groups in total. The van der Waals surface area contributed by atoms with Crippen molar-refractivity contribution in [3.05, 3.63) is 82.2 Å². The maximum Gasteiger partial charge on any atom is 0.232 e. The van der Waals surface area contributed by atoms with Gasteiger partial charge in [-0.3, -0.25) is 15.0 Å². The minimum Gasteiger partial charge on any atom is -0.345 e. The lowest BCUT2D eigenvalue weighted by atomic mass is 10.1. The number of ketones is 1. The Morgan fingerprint density at radius 2 is 1.75 bits per heavy atom. The monoisotopic (exact) mass is 542 g/mol. The van der Waals surface area contributed by atoms with E-state index in [-0.39, 0.29) is 29.6 Å². The molecule has 0 aliphatic rings. The van der Waals surface area contributed by atoms with E-state index in [1.807, 2.05) is 6.07 Å². The van der Waals surface area contributed by atoms with E-state index >= 15 is 0 Å². The highest BCUT2D eigenvalue weighted by molar-refractivity contribution is 7.99. The van der Waals surface area contributed by atoms with Gasteiger partial charge in [-0.15, -0.1) is 0 Å². The first kappa shape index (κ1) is 25.9. The average molecular weight is 543 g/mol. The number of imidazole rings is 1. The molecule has 0 unspecified atom stereocenters. The van der Waals surface area contributed by atoms with Crippen molar-refractivity contribution in [3.63, 3.8) is 0 Å². The number of aromatic nitrogens is 4. The van der Waals surface area contributed by atoms with Crippen LogP contribution in [-0.2, 0) is 17.9 Å². The van der Waals surface area contributed by atoms with E-state index in [1.165, 1.54) is 11.8 Å². The van der Waals surface area contributed by atoms with Crippen LogP contribution in [0.1, 0.15) is 16.8 Å². The van der Waals surface area contributed by atoms with Crippen LogP contribution in [0.4, 0.5) is 0 Å². The van der Waals surface area contributed by atoms with E-state index < -0.39 is 0 Å². The number of halogens is 2. The second-order valence-corrected chi connectivity index (χ2v) is 9.87. The molecule has 0 fully saturated rings. The molecule has 4 rings (SSSR count). The maximum absolute atomic E-state index is 12.9. The van der Waals surface area contributed by atoms with Gasteiger partial charge in [-0.25, -0.2) is 9.97 Å². The fourth-order valence-electron chi connectivity index (χ4n) is 3.79. The number of rotatable bonds is 10. The highest BCUT2D eigenvalue weighted by atomic mass is 35.5. The molecule has 1 amide bonds.